The van der Waals surface area contributed by atoms with Crippen molar-refractivity contribution in [3.63, 3.8) is 0 Å². The van der Waals surface area contributed by atoms with Gasteiger partial charge in [0.05, 0.1) is 26.4 Å². The van der Waals surface area contributed by atoms with Gasteiger partial charge in [-0.25, -0.2) is 0 Å². The monoisotopic (exact) mass is 350 g/mol. The molecule has 4 heteroatoms. The summed E-state index contributed by atoms with van der Waals surface area (Å²) in [6.45, 7) is 5.52. The molecule has 1 aromatic rings. The first kappa shape index (κ1) is 20.2. The van der Waals surface area contributed by atoms with E-state index in [2.05, 4.69) is 6.92 Å². The summed E-state index contributed by atoms with van der Waals surface area (Å²) in [7, 11) is 0. The smallest absolute Gasteiger partial charge is 0.115 e. The molecule has 2 atom stereocenters. The van der Waals surface area contributed by atoms with Crippen molar-refractivity contribution in [3.05, 3.63) is 29.8 Å². The minimum Gasteiger partial charge on any atom is -0.508 e. The van der Waals surface area contributed by atoms with Crippen molar-refractivity contribution in [3.8, 4) is 5.75 Å². The summed E-state index contributed by atoms with van der Waals surface area (Å²) in [6, 6.07) is 7.59. The van der Waals surface area contributed by atoms with Crippen LogP contribution in [0.1, 0.15) is 57.4 Å². The van der Waals surface area contributed by atoms with Crippen LogP contribution >= 0.6 is 0 Å². The van der Waals surface area contributed by atoms with Crippen molar-refractivity contribution in [2.45, 2.75) is 70.5 Å². The molecule has 0 saturated carbocycles. The quantitative estimate of drug-likeness (QED) is 0.446. The first-order valence-corrected chi connectivity index (χ1v) is 9.86. The summed E-state index contributed by atoms with van der Waals surface area (Å²) < 4.78 is 15.1. The Hall–Kier alpha value is -1.10. The lowest BCUT2D eigenvalue weighted by molar-refractivity contribution is 0.102. The third-order valence-electron chi connectivity index (χ3n) is 4.42. The molecule has 2 aliphatic rings. The Labute approximate surface area is 152 Å². The zero-order chi connectivity index (χ0) is 17.7. The van der Waals surface area contributed by atoms with Gasteiger partial charge in [-0.1, -0.05) is 57.6 Å². The summed E-state index contributed by atoms with van der Waals surface area (Å²) in [6.07, 6.45) is 11.4. The fourth-order valence-electron chi connectivity index (χ4n) is 2.61. The number of rotatable bonds is 12. The predicted octanol–water partition coefficient (Wildman–Crippen LogP) is 4.49. The van der Waals surface area contributed by atoms with Gasteiger partial charge in [0.15, 0.2) is 0 Å². The maximum Gasteiger partial charge on any atom is 0.115 e. The first-order valence-electron chi connectivity index (χ1n) is 9.86. The predicted molar refractivity (Wildman–Crippen MR) is 100 cm³/mol. The van der Waals surface area contributed by atoms with Gasteiger partial charge in [0, 0.05) is 0 Å². The lowest BCUT2D eigenvalue weighted by Crippen LogP contribution is -2.06. The lowest BCUT2D eigenvalue weighted by Gasteiger charge is -2.02. The molecule has 2 fully saturated rings. The zero-order valence-corrected chi connectivity index (χ0v) is 15.6. The van der Waals surface area contributed by atoms with Crippen molar-refractivity contribution in [1.82, 2.24) is 0 Å². The molecule has 142 valence electrons. The number of phenolic OH excluding ortho intramolecular Hbond substituents is 1. The molecule has 2 heterocycles. The largest absolute Gasteiger partial charge is 0.508 e. The molecule has 2 unspecified atom stereocenters. The number of epoxide rings is 2. The number of ether oxygens (including phenoxy) is 3. The Morgan fingerprint density at radius 2 is 1.40 bits per heavy atom. The van der Waals surface area contributed by atoms with Crippen LogP contribution in [0.2, 0.25) is 0 Å². The second-order valence-corrected chi connectivity index (χ2v) is 6.99. The van der Waals surface area contributed by atoms with Gasteiger partial charge in [0.25, 0.3) is 0 Å². The fraction of sp³-hybridized carbons (Fsp3) is 0.714. The SMILES string of the molecule is C(OCC1CO1)C1CO1.CCCCCCCCCc1ccc(O)cc1. The van der Waals surface area contributed by atoms with Crippen LogP contribution in [0.3, 0.4) is 0 Å². The molecule has 2 saturated heterocycles. The number of benzene rings is 1. The summed E-state index contributed by atoms with van der Waals surface area (Å²) in [4.78, 5) is 0. The van der Waals surface area contributed by atoms with E-state index in [4.69, 9.17) is 19.3 Å². The van der Waals surface area contributed by atoms with Gasteiger partial charge in [0.1, 0.15) is 18.0 Å². The third kappa shape index (κ3) is 11.2. The summed E-state index contributed by atoms with van der Waals surface area (Å²) in [5.41, 5.74) is 1.34. The lowest BCUT2D eigenvalue weighted by atomic mass is 10.0. The fourth-order valence-corrected chi connectivity index (χ4v) is 2.61. The highest BCUT2D eigenvalue weighted by atomic mass is 16.6. The molecule has 0 aromatic heterocycles. The van der Waals surface area contributed by atoms with Crippen LogP contribution < -0.4 is 0 Å². The normalized spacial score (nSPS) is 20.7. The molecule has 4 nitrogen and oxygen atoms in total. The van der Waals surface area contributed by atoms with Crippen LogP contribution in [0.15, 0.2) is 24.3 Å². The Morgan fingerprint density at radius 1 is 0.880 bits per heavy atom. The van der Waals surface area contributed by atoms with Crippen LogP contribution in [0.5, 0.6) is 5.75 Å². The van der Waals surface area contributed by atoms with E-state index in [9.17, 15) is 0 Å². The molecule has 1 N–H and O–H groups in total. The highest BCUT2D eigenvalue weighted by Crippen LogP contribution is 2.14. The highest BCUT2D eigenvalue weighted by molar-refractivity contribution is 5.25. The minimum atomic E-state index is 0.364. The van der Waals surface area contributed by atoms with Crippen molar-refractivity contribution < 1.29 is 19.3 Å². The molecule has 2 aliphatic heterocycles. The molecular weight excluding hydrogens is 316 g/mol. The maximum atomic E-state index is 9.15. The van der Waals surface area contributed by atoms with Gasteiger partial charge >= 0.3 is 0 Å². The Kier molecular flexibility index (Phi) is 9.93. The summed E-state index contributed by atoms with van der Waals surface area (Å²) >= 11 is 0. The Bertz CT molecular complexity index is 426. The number of aromatic hydroxyl groups is 1. The van der Waals surface area contributed by atoms with E-state index < -0.39 is 0 Å². The van der Waals surface area contributed by atoms with Gasteiger partial charge in [-0.05, 0) is 30.5 Å². The van der Waals surface area contributed by atoms with Gasteiger partial charge in [-0.15, -0.1) is 0 Å². The molecule has 1 aromatic carbocycles. The van der Waals surface area contributed by atoms with E-state index in [1.165, 1.54) is 50.5 Å². The number of hydrogen-bond donors (Lipinski definition) is 1. The average molecular weight is 350 g/mol. The molecule has 0 radical (unpaired) electrons. The molecule has 0 spiro atoms. The van der Waals surface area contributed by atoms with E-state index in [1.807, 2.05) is 12.1 Å². The molecule has 0 aliphatic carbocycles. The van der Waals surface area contributed by atoms with E-state index in [-0.39, 0.29) is 0 Å². The first-order chi connectivity index (χ1) is 12.3. The third-order valence-corrected chi connectivity index (χ3v) is 4.42. The number of phenols is 1. The van der Waals surface area contributed by atoms with Crippen LogP contribution in [0.25, 0.3) is 0 Å². The van der Waals surface area contributed by atoms with E-state index in [1.54, 1.807) is 12.1 Å². The molecule has 25 heavy (non-hydrogen) atoms. The van der Waals surface area contributed by atoms with E-state index >= 15 is 0 Å². The molecule has 3 rings (SSSR count). The maximum absolute atomic E-state index is 9.15. The van der Waals surface area contributed by atoms with Crippen molar-refractivity contribution in [2.75, 3.05) is 26.4 Å². The van der Waals surface area contributed by atoms with Crippen LogP contribution in [-0.4, -0.2) is 43.7 Å². The van der Waals surface area contributed by atoms with Crippen LogP contribution in [0.4, 0.5) is 0 Å². The second-order valence-electron chi connectivity index (χ2n) is 6.99. The second kappa shape index (κ2) is 12.3. The van der Waals surface area contributed by atoms with Gasteiger partial charge in [-0.3, -0.25) is 0 Å². The van der Waals surface area contributed by atoms with Crippen LogP contribution in [0, 0.1) is 0 Å². The van der Waals surface area contributed by atoms with Gasteiger partial charge in [0.2, 0.25) is 0 Å². The number of unbranched alkanes of at least 4 members (excludes halogenated alkanes) is 6. The molecular formula is C21H34O4. The van der Waals surface area contributed by atoms with Crippen molar-refractivity contribution >= 4 is 0 Å². The van der Waals surface area contributed by atoms with Gasteiger partial charge < -0.3 is 19.3 Å². The summed E-state index contributed by atoms with van der Waals surface area (Å²) in [5, 5.41) is 9.15. The number of hydrogen-bond acceptors (Lipinski definition) is 4. The Balaban J connectivity index is 0.000000208. The zero-order valence-electron chi connectivity index (χ0n) is 15.6. The van der Waals surface area contributed by atoms with Crippen molar-refractivity contribution in [1.29, 1.82) is 0 Å². The topological polar surface area (TPSA) is 54.5 Å². The Morgan fingerprint density at radius 3 is 1.92 bits per heavy atom. The van der Waals surface area contributed by atoms with Gasteiger partial charge in [-0.2, -0.15) is 0 Å². The van der Waals surface area contributed by atoms with E-state index in [0.717, 1.165) is 32.8 Å². The molecule has 0 amide bonds. The average Bonchev–Trinajstić information content (AvgIpc) is 3.52. The van der Waals surface area contributed by atoms with Crippen molar-refractivity contribution in [2.24, 2.45) is 0 Å². The van der Waals surface area contributed by atoms with Crippen LogP contribution in [-0.2, 0) is 20.6 Å². The number of aryl methyl sites for hydroxylation is 1. The summed E-state index contributed by atoms with van der Waals surface area (Å²) in [5.74, 6) is 0.364. The molecule has 0 bridgehead atoms. The highest BCUT2D eigenvalue weighted by Gasteiger charge is 2.26. The minimum absolute atomic E-state index is 0.364. The van der Waals surface area contributed by atoms with E-state index in [0.29, 0.717) is 18.0 Å². The standard InChI is InChI=1S/C15H24O.C6H10O3/c1-2-3-4-5-6-7-8-9-14-10-12-15(16)13-11-14;1(5-3-8-5)7-2-6-4-9-6/h10-13,16H,2-9H2,1H3;5-6H,1-4H2.